The first-order chi connectivity index (χ1) is 23.5. The molecular formula is C39H42N4O6. The number of carboxylic acid groups (broad SMARTS) is 1. The first-order valence-corrected chi connectivity index (χ1v) is 16.1. The molecule has 0 saturated carbocycles. The summed E-state index contributed by atoms with van der Waals surface area (Å²) >= 11 is 0. The third kappa shape index (κ3) is 9.41. The van der Waals surface area contributed by atoms with E-state index >= 15 is 0 Å². The molecule has 0 aliphatic rings. The molecule has 0 bridgehead atoms. The minimum absolute atomic E-state index is 0.0194. The molecule has 3 atom stereocenters. The van der Waals surface area contributed by atoms with Crippen LogP contribution >= 0.6 is 0 Å². The van der Waals surface area contributed by atoms with Crippen LogP contribution in [0.4, 0.5) is 0 Å². The van der Waals surface area contributed by atoms with E-state index in [2.05, 4.69) is 21.3 Å². The summed E-state index contributed by atoms with van der Waals surface area (Å²) in [5, 5.41) is 20.9. The minimum Gasteiger partial charge on any atom is -0.480 e. The number of carboxylic acids is 1. The number of rotatable bonds is 15. The molecule has 0 aliphatic heterocycles. The third-order valence-electron chi connectivity index (χ3n) is 8.17. The number of hydrogen-bond donors (Lipinski definition) is 5. The van der Waals surface area contributed by atoms with Crippen LogP contribution in [0.2, 0.25) is 0 Å². The van der Waals surface area contributed by atoms with Gasteiger partial charge in [0.1, 0.15) is 23.7 Å². The molecule has 10 heteroatoms. The van der Waals surface area contributed by atoms with Crippen LogP contribution < -0.4 is 21.3 Å². The highest BCUT2D eigenvalue weighted by Gasteiger charge is 2.39. The molecule has 0 saturated heterocycles. The van der Waals surface area contributed by atoms with E-state index in [1.54, 1.807) is 44.2 Å². The Hall–Kier alpha value is -5.77. The molecule has 4 rings (SSSR count). The van der Waals surface area contributed by atoms with Crippen LogP contribution in [0.3, 0.4) is 0 Å². The van der Waals surface area contributed by atoms with Gasteiger partial charge in [-0.3, -0.25) is 19.2 Å². The molecule has 0 aromatic heterocycles. The largest absolute Gasteiger partial charge is 0.480 e. The van der Waals surface area contributed by atoms with Crippen LogP contribution in [0.15, 0.2) is 121 Å². The molecule has 4 aromatic carbocycles. The van der Waals surface area contributed by atoms with E-state index in [1.165, 1.54) is 6.92 Å². The Morgan fingerprint density at radius 3 is 1.45 bits per heavy atom. The van der Waals surface area contributed by atoms with Gasteiger partial charge in [0.05, 0.1) is 6.42 Å². The number of carbonyl (C=O) groups is 5. The van der Waals surface area contributed by atoms with Crippen LogP contribution in [0, 0.1) is 5.92 Å². The number of hydrogen-bond acceptors (Lipinski definition) is 5. The van der Waals surface area contributed by atoms with Crippen molar-refractivity contribution in [1.82, 2.24) is 21.3 Å². The Kier molecular flexibility index (Phi) is 12.4. The second-order valence-electron chi connectivity index (χ2n) is 12.2. The van der Waals surface area contributed by atoms with E-state index in [0.717, 1.165) is 16.7 Å². The van der Waals surface area contributed by atoms with Gasteiger partial charge in [-0.2, -0.15) is 0 Å². The van der Waals surface area contributed by atoms with Crippen molar-refractivity contribution in [2.75, 3.05) is 0 Å². The van der Waals surface area contributed by atoms with Gasteiger partial charge in [-0.25, -0.2) is 4.79 Å². The molecule has 4 amide bonds. The maximum atomic E-state index is 14.2. The van der Waals surface area contributed by atoms with Gasteiger partial charge in [-0.05, 0) is 28.2 Å². The molecule has 10 nitrogen and oxygen atoms in total. The molecule has 0 aliphatic carbocycles. The zero-order chi connectivity index (χ0) is 35.4. The lowest BCUT2D eigenvalue weighted by Crippen LogP contribution is -2.58. The van der Waals surface area contributed by atoms with Crippen LogP contribution in [-0.4, -0.2) is 52.8 Å². The predicted molar refractivity (Wildman–Crippen MR) is 186 cm³/mol. The molecular weight excluding hydrogens is 620 g/mol. The van der Waals surface area contributed by atoms with Crippen LogP contribution in [0.1, 0.15) is 49.4 Å². The summed E-state index contributed by atoms with van der Waals surface area (Å²) in [6.45, 7) is 4.74. The lowest BCUT2D eigenvalue weighted by atomic mass is 9.77. The fourth-order valence-electron chi connectivity index (χ4n) is 5.77. The molecule has 5 N–H and O–H groups in total. The second-order valence-corrected chi connectivity index (χ2v) is 12.2. The van der Waals surface area contributed by atoms with Gasteiger partial charge in [-0.15, -0.1) is 0 Å². The SMILES string of the molecule is CC(=O)N[C@@H](C(=O)N[C@H](CC(=O)NC(c1ccccc1)(c1ccccc1)c1ccccc1)C(=O)N[C@H](Cc1ccccc1)C(=O)O)C(C)C. The van der Waals surface area contributed by atoms with Crippen molar-refractivity contribution in [3.05, 3.63) is 144 Å². The van der Waals surface area contributed by atoms with Crippen molar-refractivity contribution in [3.63, 3.8) is 0 Å². The summed E-state index contributed by atoms with van der Waals surface area (Å²) in [4.78, 5) is 65.8. The molecule has 0 spiro atoms. The fraction of sp³-hybridized carbons (Fsp3) is 0.256. The highest BCUT2D eigenvalue weighted by atomic mass is 16.4. The summed E-state index contributed by atoms with van der Waals surface area (Å²) in [7, 11) is 0. The quantitative estimate of drug-likeness (QED) is 0.122. The van der Waals surface area contributed by atoms with Gasteiger partial charge in [0.15, 0.2) is 0 Å². The van der Waals surface area contributed by atoms with Gasteiger partial charge in [-0.1, -0.05) is 135 Å². The van der Waals surface area contributed by atoms with E-state index in [-0.39, 0.29) is 12.3 Å². The summed E-state index contributed by atoms with van der Waals surface area (Å²) in [5.41, 5.74) is 1.75. The standard InChI is InChI=1S/C39H42N4O6/c1-26(2)35(40-27(3)44)37(47)41-32(36(46)42-33(38(48)49)24-28-16-8-4-9-17-28)25-34(45)43-39(29-18-10-5-11-19-29,30-20-12-6-13-21-30)31-22-14-7-15-23-31/h4-23,26,32-33,35H,24-25H2,1-3H3,(H,40,44)(H,41,47)(H,42,46)(H,43,45)(H,48,49)/t32-,33-,35-/m1/s1. The molecule has 0 unspecified atom stereocenters. The van der Waals surface area contributed by atoms with E-state index in [9.17, 15) is 29.1 Å². The van der Waals surface area contributed by atoms with E-state index in [0.29, 0.717) is 5.56 Å². The Morgan fingerprint density at radius 2 is 1.04 bits per heavy atom. The normalized spacial score (nSPS) is 13.0. The average Bonchev–Trinajstić information content (AvgIpc) is 3.10. The first kappa shape index (κ1) is 36.1. The van der Waals surface area contributed by atoms with Crippen LogP contribution in [0.5, 0.6) is 0 Å². The van der Waals surface area contributed by atoms with Crippen molar-refractivity contribution in [2.24, 2.45) is 5.92 Å². The summed E-state index contributed by atoms with van der Waals surface area (Å²) in [5.74, 6) is -4.21. The number of nitrogens with one attached hydrogen (secondary N) is 4. The van der Waals surface area contributed by atoms with Crippen molar-refractivity contribution in [1.29, 1.82) is 0 Å². The fourth-order valence-corrected chi connectivity index (χ4v) is 5.77. The molecule has 4 aromatic rings. The maximum Gasteiger partial charge on any atom is 0.326 e. The highest BCUT2D eigenvalue weighted by Crippen LogP contribution is 2.37. The van der Waals surface area contributed by atoms with Gasteiger partial charge in [0.25, 0.3) is 0 Å². The van der Waals surface area contributed by atoms with Crippen molar-refractivity contribution < 1.29 is 29.1 Å². The minimum atomic E-state index is -1.49. The van der Waals surface area contributed by atoms with Gasteiger partial charge in [0, 0.05) is 13.3 Å². The molecule has 0 fully saturated rings. The van der Waals surface area contributed by atoms with Crippen molar-refractivity contribution >= 4 is 29.6 Å². The lowest BCUT2D eigenvalue weighted by Gasteiger charge is -2.37. The van der Waals surface area contributed by atoms with Gasteiger partial charge in [0.2, 0.25) is 23.6 Å². The van der Waals surface area contributed by atoms with Crippen LogP contribution in [0.25, 0.3) is 0 Å². The molecule has 0 heterocycles. The predicted octanol–water partition coefficient (Wildman–Crippen LogP) is 3.94. The zero-order valence-electron chi connectivity index (χ0n) is 27.8. The topological polar surface area (TPSA) is 154 Å². The second kappa shape index (κ2) is 16.9. The molecule has 0 radical (unpaired) electrons. The number of benzene rings is 4. The third-order valence-corrected chi connectivity index (χ3v) is 8.17. The van der Waals surface area contributed by atoms with Crippen molar-refractivity contribution in [2.45, 2.75) is 57.3 Å². The van der Waals surface area contributed by atoms with E-state index in [1.807, 2.05) is 91.0 Å². The number of aliphatic carboxylic acids is 1. The van der Waals surface area contributed by atoms with Gasteiger partial charge >= 0.3 is 5.97 Å². The number of amides is 4. The molecule has 49 heavy (non-hydrogen) atoms. The van der Waals surface area contributed by atoms with E-state index < -0.39 is 59.7 Å². The smallest absolute Gasteiger partial charge is 0.326 e. The zero-order valence-corrected chi connectivity index (χ0v) is 27.8. The maximum absolute atomic E-state index is 14.2. The lowest BCUT2D eigenvalue weighted by molar-refractivity contribution is -0.142. The Morgan fingerprint density at radius 1 is 0.612 bits per heavy atom. The monoisotopic (exact) mass is 662 g/mol. The van der Waals surface area contributed by atoms with Crippen LogP contribution in [-0.2, 0) is 35.9 Å². The Labute approximate surface area is 286 Å². The molecule has 254 valence electrons. The highest BCUT2D eigenvalue weighted by molar-refractivity contribution is 5.96. The number of carbonyl (C=O) groups excluding carboxylic acids is 4. The Bertz CT molecular complexity index is 1620. The summed E-state index contributed by atoms with van der Waals surface area (Å²) < 4.78 is 0. The summed E-state index contributed by atoms with van der Waals surface area (Å²) in [6, 6.07) is 33.2. The van der Waals surface area contributed by atoms with Gasteiger partial charge < -0.3 is 26.4 Å². The average molecular weight is 663 g/mol. The van der Waals surface area contributed by atoms with Crippen molar-refractivity contribution in [3.8, 4) is 0 Å². The van der Waals surface area contributed by atoms with E-state index in [4.69, 9.17) is 0 Å². The Balaban J connectivity index is 1.72. The summed E-state index contributed by atoms with van der Waals surface area (Å²) in [6.07, 6.45) is -0.553. The first-order valence-electron chi connectivity index (χ1n) is 16.1.